The summed E-state index contributed by atoms with van der Waals surface area (Å²) in [7, 11) is -9.28. The van der Waals surface area contributed by atoms with Crippen molar-refractivity contribution in [1.82, 2.24) is 0 Å². The Balaban J connectivity index is -0.000000112. The highest BCUT2D eigenvalue weighted by atomic mass is 31.2. The Morgan fingerprint density at radius 2 is 0.583 bits per heavy atom. The third-order valence-corrected chi connectivity index (χ3v) is 0. The zero-order valence-electron chi connectivity index (χ0n) is 5.29. The van der Waals surface area contributed by atoms with E-state index in [1.807, 2.05) is 0 Å². The Labute approximate surface area is 65.8 Å². The van der Waals surface area contributed by atoms with Gasteiger partial charge in [-0.15, -0.1) is 0 Å². The molecule has 12 heavy (non-hydrogen) atoms. The van der Waals surface area contributed by atoms with E-state index in [2.05, 4.69) is 0 Å². The van der Waals surface area contributed by atoms with Crippen LogP contribution in [0.2, 0.25) is 0 Å². The molecule has 0 heterocycles. The van der Waals surface area contributed by atoms with E-state index in [1.165, 1.54) is 0 Å². The summed E-state index contributed by atoms with van der Waals surface area (Å²) in [6.45, 7) is 0. The van der Waals surface area contributed by atoms with Gasteiger partial charge < -0.3 is 29.4 Å². The first-order valence-electron chi connectivity index (χ1n) is 1.77. The lowest BCUT2D eigenvalue weighted by Crippen LogP contribution is -1.66. The predicted octanol–water partition coefficient (Wildman–Crippen LogP) is -1.84. The predicted molar refractivity (Wildman–Crippen MR) is 33.8 cm³/mol. The minimum absolute atomic E-state index is 4.64. The molecule has 10 nitrogen and oxygen atoms in total. The maximum absolute atomic E-state index is 8.88. The van der Waals surface area contributed by atoms with Gasteiger partial charge in [0.15, 0.2) is 0 Å². The molecular formula is H8O10P2. The van der Waals surface area contributed by atoms with Crippen molar-refractivity contribution in [2.24, 2.45) is 0 Å². The molecule has 0 aliphatic carbocycles. The van der Waals surface area contributed by atoms with Crippen molar-refractivity contribution in [2.45, 2.75) is 0 Å². The van der Waals surface area contributed by atoms with Gasteiger partial charge in [-0.2, -0.15) is 0 Å². The molecule has 0 aromatic rings. The first-order valence-corrected chi connectivity index (χ1v) is 4.90. The molecule has 0 unspecified atom stereocenters. The van der Waals surface area contributed by atoms with Crippen molar-refractivity contribution < 1.29 is 49.0 Å². The fraction of sp³-hybridized carbons (Fsp3) is 0. The van der Waals surface area contributed by atoms with E-state index in [1.54, 1.807) is 0 Å². The Morgan fingerprint density at radius 1 is 0.583 bits per heavy atom. The van der Waals surface area contributed by atoms with Gasteiger partial charge in [0.2, 0.25) is 0 Å². The SMILES string of the molecule is O=P(O)(O)O.O=P(O)(O)O.OO. The maximum atomic E-state index is 8.88. The zero-order valence-corrected chi connectivity index (χ0v) is 7.08. The van der Waals surface area contributed by atoms with Crippen molar-refractivity contribution in [3.8, 4) is 0 Å². The van der Waals surface area contributed by atoms with Gasteiger partial charge in [-0.1, -0.05) is 0 Å². The van der Waals surface area contributed by atoms with E-state index in [-0.39, 0.29) is 0 Å². The van der Waals surface area contributed by atoms with Crippen molar-refractivity contribution in [2.75, 3.05) is 0 Å². The number of hydrogen-bond acceptors (Lipinski definition) is 4. The quantitative estimate of drug-likeness (QED) is 0.133. The average Bonchev–Trinajstić information content (AvgIpc) is 1.59. The number of phosphoric acid groups is 2. The van der Waals surface area contributed by atoms with Crippen molar-refractivity contribution in [1.29, 1.82) is 0 Å². The molecule has 0 saturated heterocycles. The fourth-order valence-corrected chi connectivity index (χ4v) is 0. The van der Waals surface area contributed by atoms with Crippen LogP contribution in [0.25, 0.3) is 0 Å². The molecule has 78 valence electrons. The van der Waals surface area contributed by atoms with Crippen LogP contribution in [0.15, 0.2) is 0 Å². The third kappa shape index (κ3) is 43200. The molecular weight excluding hydrogens is 222 g/mol. The summed E-state index contributed by atoms with van der Waals surface area (Å²) in [6.07, 6.45) is 0. The second-order valence-electron chi connectivity index (χ2n) is 1.03. The van der Waals surface area contributed by atoms with Gasteiger partial charge in [0, 0.05) is 0 Å². The van der Waals surface area contributed by atoms with Crippen LogP contribution in [0.5, 0.6) is 0 Å². The largest absolute Gasteiger partial charge is 0.466 e. The summed E-state index contributed by atoms with van der Waals surface area (Å²) < 4.78 is 17.8. The Morgan fingerprint density at radius 3 is 0.583 bits per heavy atom. The van der Waals surface area contributed by atoms with Gasteiger partial charge in [-0.05, 0) is 0 Å². The smallest absolute Gasteiger partial charge is 0.303 e. The van der Waals surface area contributed by atoms with Crippen LogP contribution in [0.3, 0.4) is 0 Å². The van der Waals surface area contributed by atoms with Crippen LogP contribution in [-0.4, -0.2) is 39.9 Å². The molecule has 8 N–H and O–H groups in total. The minimum atomic E-state index is -4.64. The summed E-state index contributed by atoms with van der Waals surface area (Å²) in [5.74, 6) is 0. The van der Waals surface area contributed by atoms with Crippen molar-refractivity contribution >= 4 is 15.6 Å². The Kier molecular flexibility index (Phi) is 11.7. The van der Waals surface area contributed by atoms with E-state index in [0.29, 0.717) is 0 Å². The highest BCUT2D eigenvalue weighted by molar-refractivity contribution is 7.45. The summed E-state index contributed by atoms with van der Waals surface area (Å²) in [6, 6.07) is 0. The van der Waals surface area contributed by atoms with E-state index < -0.39 is 15.6 Å². The van der Waals surface area contributed by atoms with Crippen LogP contribution in [0.4, 0.5) is 0 Å². The summed E-state index contributed by atoms with van der Waals surface area (Å²) >= 11 is 0. The number of rotatable bonds is 0. The van der Waals surface area contributed by atoms with Crippen LogP contribution >= 0.6 is 15.6 Å². The third-order valence-electron chi connectivity index (χ3n) is 0. The molecule has 0 radical (unpaired) electrons. The first kappa shape index (κ1) is 18.0. The molecule has 0 aromatic heterocycles. The molecule has 12 heteroatoms. The van der Waals surface area contributed by atoms with Crippen molar-refractivity contribution in [3.05, 3.63) is 0 Å². The lowest BCUT2D eigenvalue weighted by atomic mass is 15.0. The molecule has 0 bridgehead atoms. The van der Waals surface area contributed by atoms with Gasteiger partial charge in [0.1, 0.15) is 0 Å². The highest BCUT2D eigenvalue weighted by Gasteiger charge is 2.00. The Bertz CT molecular complexity index is 120. The molecule has 0 atom stereocenters. The molecule has 0 aliphatic rings. The van der Waals surface area contributed by atoms with Crippen LogP contribution < -0.4 is 0 Å². The second-order valence-corrected chi connectivity index (χ2v) is 3.08. The minimum Gasteiger partial charge on any atom is -0.303 e. The van der Waals surface area contributed by atoms with Gasteiger partial charge in [0.05, 0.1) is 0 Å². The average molecular weight is 230 g/mol. The molecule has 0 rings (SSSR count). The lowest BCUT2D eigenvalue weighted by Gasteiger charge is -1.82. The van der Waals surface area contributed by atoms with Crippen LogP contribution in [0, 0.1) is 0 Å². The van der Waals surface area contributed by atoms with E-state index >= 15 is 0 Å². The van der Waals surface area contributed by atoms with E-state index in [0.717, 1.165) is 0 Å². The maximum Gasteiger partial charge on any atom is 0.466 e. The van der Waals surface area contributed by atoms with Gasteiger partial charge >= 0.3 is 15.6 Å². The fourth-order valence-electron chi connectivity index (χ4n) is 0. The van der Waals surface area contributed by atoms with Gasteiger partial charge in [0.25, 0.3) is 0 Å². The summed E-state index contributed by atoms with van der Waals surface area (Å²) in [5.41, 5.74) is 0. The summed E-state index contributed by atoms with van der Waals surface area (Å²) in [5, 5.41) is 12.0. The summed E-state index contributed by atoms with van der Waals surface area (Å²) in [4.78, 5) is 43.1. The molecule has 0 saturated carbocycles. The number of hydrogen-bond donors (Lipinski definition) is 8. The normalized spacial score (nSPS) is 10.3. The second kappa shape index (κ2) is 7.77. The highest BCUT2D eigenvalue weighted by Crippen LogP contribution is 2.26. The molecule has 0 aliphatic heterocycles. The topological polar surface area (TPSA) is 196 Å². The monoisotopic (exact) mass is 230 g/mol. The van der Waals surface area contributed by atoms with E-state index in [9.17, 15) is 0 Å². The standard InChI is InChI=1S/2H3O4P.H2O2/c2*1-5(2,3)4;1-2/h2*(H3,1,2,3,4);1-2H. The van der Waals surface area contributed by atoms with Gasteiger partial charge in [-0.25, -0.2) is 9.13 Å². The van der Waals surface area contributed by atoms with Crippen LogP contribution in [0.1, 0.15) is 0 Å². The lowest BCUT2D eigenvalue weighted by molar-refractivity contribution is -0.176. The molecule has 0 fully saturated rings. The molecule has 0 spiro atoms. The van der Waals surface area contributed by atoms with Crippen molar-refractivity contribution in [3.63, 3.8) is 0 Å². The molecule has 0 amide bonds. The zero-order chi connectivity index (χ0) is 11.0. The van der Waals surface area contributed by atoms with E-state index in [4.69, 9.17) is 49.0 Å². The Hall–Kier alpha value is 0.140. The van der Waals surface area contributed by atoms with Crippen LogP contribution in [-0.2, 0) is 9.13 Å². The molecule has 0 aromatic carbocycles. The van der Waals surface area contributed by atoms with Gasteiger partial charge in [-0.3, -0.25) is 10.5 Å². The first-order chi connectivity index (χ1) is 5.00.